The van der Waals surface area contributed by atoms with E-state index in [1.165, 1.54) is 13.4 Å². The van der Waals surface area contributed by atoms with Gasteiger partial charge in [-0.25, -0.2) is 9.97 Å². The van der Waals surface area contributed by atoms with Gasteiger partial charge < -0.3 is 11.1 Å². The summed E-state index contributed by atoms with van der Waals surface area (Å²) in [4.78, 5) is 32.6. The number of hydrogen-bond donors (Lipinski definition) is 2. The number of nitrogen functional groups attached to an aromatic ring is 1. The molecule has 21 heavy (non-hydrogen) atoms. The Bertz CT molecular complexity index is 777. The van der Waals surface area contributed by atoms with Crippen molar-refractivity contribution in [3.8, 4) is 0 Å². The Hall–Kier alpha value is -2.67. The van der Waals surface area contributed by atoms with Gasteiger partial charge in [-0.1, -0.05) is 11.6 Å². The second-order valence-corrected chi connectivity index (χ2v) is 4.84. The number of halogens is 1. The molecule has 0 spiro atoms. The first-order valence-corrected chi connectivity index (χ1v) is 6.36. The van der Waals surface area contributed by atoms with E-state index >= 15 is 0 Å². The average Bonchev–Trinajstić information content (AvgIpc) is 2.69. The van der Waals surface area contributed by atoms with Crippen molar-refractivity contribution in [3.05, 3.63) is 40.8 Å². The number of imide groups is 1. The van der Waals surface area contributed by atoms with Crippen LogP contribution in [0.2, 0.25) is 5.15 Å². The van der Waals surface area contributed by atoms with Crippen LogP contribution in [0.3, 0.4) is 0 Å². The fourth-order valence-electron chi connectivity index (χ4n) is 2.05. The van der Waals surface area contributed by atoms with Crippen molar-refractivity contribution in [2.24, 2.45) is 0 Å². The van der Waals surface area contributed by atoms with Gasteiger partial charge in [-0.3, -0.25) is 14.5 Å². The van der Waals surface area contributed by atoms with Crippen LogP contribution >= 0.6 is 11.6 Å². The third-order valence-electron chi connectivity index (χ3n) is 3.19. The normalized spacial score (nSPS) is 13.5. The maximum Gasteiger partial charge on any atom is 0.261 e. The van der Waals surface area contributed by atoms with E-state index in [1.807, 2.05) is 0 Å². The minimum Gasteiger partial charge on any atom is -0.393 e. The largest absolute Gasteiger partial charge is 0.393 e. The van der Waals surface area contributed by atoms with Crippen molar-refractivity contribution >= 4 is 40.6 Å². The van der Waals surface area contributed by atoms with Gasteiger partial charge in [0.1, 0.15) is 12.0 Å². The predicted molar refractivity (Wildman–Crippen MR) is 77.6 cm³/mol. The Kier molecular flexibility index (Phi) is 2.99. The molecule has 1 aliphatic heterocycles. The molecule has 0 saturated carbocycles. The monoisotopic (exact) mass is 303 g/mol. The van der Waals surface area contributed by atoms with E-state index < -0.39 is 0 Å². The molecule has 7 nitrogen and oxygen atoms in total. The maximum atomic E-state index is 11.9. The van der Waals surface area contributed by atoms with Gasteiger partial charge in [0.15, 0.2) is 11.0 Å². The number of nitrogens with zero attached hydrogens (tertiary/aromatic N) is 3. The van der Waals surface area contributed by atoms with E-state index in [1.54, 1.807) is 18.2 Å². The zero-order valence-corrected chi connectivity index (χ0v) is 11.7. The summed E-state index contributed by atoms with van der Waals surface area (Å²) in [6.45, 7) is 0. The lowest BCUT2D eigenvalue weighted by Gasteiger charge is -2.09. The van der Waals surface area contributed by atoms with Gasteiger partial charge in [-0.2, -0.15) is 0 Å². The van der Waals surface area contributed by atoms with Crippen molar-refractivity contribution < 1.29 is 9.59 Å². The first-order chi connectivity index (χ1) is 9.99. The van der Waals surface area contributed by atoms with Crippen LogP contribution in [0.25, 0.3) is 0 Å². The van der Waals surface area contributed by atoms with E-state index in [-0.39, 0.29) is 22.7 Å². The second kappa shape index (κ2) is 4.71. The van der Waals surface area contributed by atoms with Gasteiger partial charge in [0, 0.05) is 12.7 Å². The molecule has 1 aromatic carbocycles. The van der Waals surface area contributed by atoms with Gasteiger partial charge in [0.25, 0.3) is 11.8 Å². The molecule has 1 aliphatic rings. The SMILES string of the molecule is CN1C(=O)c2ccc(Nc3ncnc(Cl)c3N)cc2C1=O. The molecule has 3 rings (SSSR count). The summed E-state index contributed by atoms with van der Waals surface area (Å²) in [5.41, 5.74) is 7.26. The molecular weight excluding hydrogens is 294 g/mol. The maximum absolute atomic E-state index is 11.9. The Morgan fingerprint density at radius 2 is 1.90 bits per heavy atom. The molecule has 0 fully saturated rings. The van der Waals surface area contributed by atoms with Gasteiger partial charge in [0.05, 0.1) is 11.1 Å². The topological polar surface area (TPSA) is 101 Å². The lowest BCUT2D eigenvalue weighted by molar-refractivity contribution is 0.0693. The summed E-state index contributed by atoms with van der Waals surface area (Å²) in [5.74, 6) is -0.321. The number of anilines is 3. The number of aromatic nitrogens is 2. The number of benzene rings is 1. The lowest BCUT2D eigenvalue weighted by atomic mass is 10.1. The van der Waals surface area contributed by atoms with Crippen LogP contribution in [0.5, 0.6) is 0 Å². The summed E-state index contributed by atoms with van der Waals surface area (Å²) in [6, 6.07) is 4.83. The molecule has 0 bridgehead atoms. The number of carbonyl (C=O) groups is 2. The molecule has 1 aromatic heterocycles. The quantitative estimate of drug-likeness (QED) is 0.646. The number of carbonyl (C=O) groups excluding carboxylic acids is 2. The van der Waals surface area contributed by atoms with Gasteiger partial charge in [-0.05, 0) is 18.2 Å². The van der Waals surface area contributed by atoms with E-state index in [2.05, 4.69) is 15.3 Å². The molecule has 0 saturated heterocycles. The van der Waals surface area contributed by atoms with E-state index in [0.29, 0.717) is 22.6 Å². The number of fused-ring (bicyclic) bond motifs is 1. The van der Waals surface area contributed by atoms with Crippen LogP contribution in [0, 0.1) is 0 Å². The molecule has 3 N–H and O–H groups in total. The van der Waals surface area contributed by atoms with Crippen LogP contribution in [0.15, 0.2) is 24.5 Å². The van der Waals surface area contributed by atoms with Crippen LogP contribution in [0.4, 0.5) is 17.2 Å². The lowest BCUT2D eigenvalue weighted by Crippen LogP contribution is -2.24. The van der Waals surface area contributed by atoms with E-state index in [0.717, 1.165) is 4.90 Å². The van der Waals surface area contributed by atoms with Gasteiger partial charge in [-0.15, -0.1) is 0 Å². The zero-order chi connectivity index (χ0) is 15.1. The Morgan fingerprint density at radius 1 is 1.19 bits per heavy atom. The minimum absolute atomic E-state index is 0.139. The minimum atomic E-state index is -0.340. The molecule has 0 unspecified atom stereocenters. The molecule has 0 radical (unpaired) electrons. The van der Waals surface area contributed by atoms with Crippen molar-refractivity contribution in [2.45, 2.75) is 0 Å². The van der Waals surface area contributed by atoms with Crippen molar-refractivity contribution in [1.82, 2.24) is 14.9 Å². The molecule has 0 atom stereocenters. The first kappa shape index (κ1) is 13.3. The predicted octanol–water partition coefficient (Wildman–Crippen LogP) is 1.68. The van der Waals surface area contributed by atoms with Crippen LogP contribution in [-0.2, 0) is 0 Å². The van der Waals surface area contributed by atoms with Gasteiger partial charge >= 0.3 is 0 Å². The second-order valence-electron chi connectivity index (χ2n) is 4.48. The highest BCUT2D eigenvalue weighted by Crippen LogP contribution is 2.29. The van der Waals surface area contributed by atoms with Crippen molar-refractivity contribution in [3.63, 3.8) is 0 Å². The number of amides is 2. The van der Waals surface area contributed by atoms with Crippen LogP contribution in [-0.4, -0.2) is 33.7 Å². The first-order valence-electron chi connectivity index (χ1n) is 5.98. The molecular formula is C13H10ClN5O2. The number of hydrogen-bond acceptors (Lipinski definition) is 6. The fourth-order valence-corrected chi connectivity index (χ4v) is 2.18. The summed E-state index contributed by atoms with van der Waals surface area (Å²) in [7, 11) is 1.44. The van der Waals surface area contributed by atoms with Gasteiger partial charge in [0.2, 0.25) is 0 Å². The third-order valence-corrected chi connectivity index (χ3v) is 3.49. The Labute approximate surface area is 124 Å². The molecule has 2 amide bonds. The van der Waals surface area contributed by atoms with Crippen LogP contribution in [0.1, 0.15) is 20.7 Å². The fraction of sp³-hybridized carbons (Fsp3) is 0.0769. The van der Waals surface area contributed by atoms with E-state index in [9.17, 15) is 9.59 Å². The zero-order valence-electron chi connectivity index (χ0n) is 10.9. The summed E-state index contributed by atoms with van der Waals surface area (Å²) in [5, 5.41) is 3.09. The average molecular weight is 304 g/mol. The molecule has 2 heterocycles. The van der Waals surface area contributed by atoms with E-state index in [4.69, 9.17) is 17.3 Å². The van der Waals surface area contributed by atoms with Crippen molar-refractivity contribution in [2.75, 3.05) is 18.1 Å². The number of rotatable bonds is 2. The number of nitrogens with one attached hydrogen (secondary N) is 1. The highest BCUT2D eigenvalue weighted by molar-refractivity contribution is 6.32. The molecule has 106 valence electrons. The summed E-state index contributed by atoms with van der Waals surface area (Å²) in [6.07, 6.45) is 1.27. The standard InChI is InChI=1S/C13H10ClN5O2/c1-19-12(20)7-3-2-6(4-8(7)13(19)21)18-11-9(15)10(14)16-5-17-11/h2-5H,15H2,1H3,(H,16,17,18). The van der Waals surface area contributed by atoms with Crippen LogP contribution < -0.4 is 11.1 Å². The highest BCUT2D eigenvalue weighted by atomic mass is 35.5. The molecule has 2 aromatic rings. The smallest absolute Gasteiger partial charge is 0.261 e. The summed E-state index contributed by atoms with van der Waals surface area (Å²) >= 11 is 5.81. The molecule has 0 aliphatic carbocycles. The van der Waals surface area contributed by atoms with Crippen molar-refractivity contribution in [1.29, 1.82) is 0 Å². The summed E-state index contributed by atoms with van der Waals surface area (Å²) < 4.78 is 0. The Balaban J connectivity index is 1.98. The molecule has 8 heteroatoms. The highest BCUT2D eigenvalue weighted by Gasteiger charge is 2.32. The number of nitrogens with two attached hydrogens (primary N) is 1. The Morgan fingerprint density at radius 3 is 2.67 bits per heavy atom. The third kappa shape index (κ3) is 2.07.